The van der Waals surface area contributed by atoms with E-state index in [9.17, 15) is 14.4 Å². The molecular weight excluding hydrogens is 232 g/mol. The molecule has 1 aromatic carbocycles. The van der Waals surface area contributed by atoms with Gasteiger partial charge in [-0.05, 0) is 12.1 Å². The van der Waals surface area contributed by atoms with Gasteiger partial charge in [-0.25, -0.2) is 4.90 Å². The van der Waals surface area contributed by atoms with Gasteiger partial charge in [-0.1, -0.05) is 12.1 Å². The first-order valence-electron chi connectivity index (χ1n) is 5.73. The quantitative estimate of drug-likeness (QED) is 0.693. The van der Waals surface area contributed by atoms with Crippen LogP contribution in [-0.4, -0.2) is 24.3 Å². The van der Waals surface area contributed by atoms with Gasteiger partial charge in [-0.15, -0.1) is 0 Å². The maximum atomic E-state index is 12.0. The lowest BCUT2D eigenvalue weighted by Gasteiger charge is -2.22. The molecule has 1 aliphatic rings. The molecule has 1 aliphatic heterocycles. The molecule has 0 N–H and O–H groups in total. The standard InChI is InChI=1S/C13H14N2O3/c1-9(16)14-8-7-13(18)15(10(2)17)12-6-4-3-5-11(12)14/h3-6H,7-8H2,1-2H3. The zero-order chi connectivity index (χ0) is 13.3. The number of para-hydroxylation sites is 2. The number of amides is 3. The number of rotatable bonds is 0. The third-order valence-corrected chi connectivity index (χ3v) is 2.91. The summed E-state index contributed by atoms with van der Waals surface area (Å²) in [6, 6.07) is 6.94. The van der Waals surface area contributed by atoms with E-state index in [1.165, 1.54) is 18.7 Å². The van der Waals surface area contributed by atoms with Gasteiger partial charge in [0.15, 0.2) is 0 Å². The van der Waals surface area contributed by atoms with Crippen molar-refractivity contribution in [1.29, 1.82) is 0 Å². The Bertz CT molecular complexity index is 525. The molecule has 5 nitrogen and oxygen atoms in total. The van der Waals surface area contributed by atoms with Gasteiger partial charge in [-0.2, -0.15) is 0 Å². The number of anilines is 2. The van der Waals surface area contributed by atoms with E-state index in [0.717, 1.165) is 4.90 Å². The maximum absolute atomic E-state index is 12.0. The van der Waals surface area contributed by atoms with Crippen LogP contribution in [-0.2, 0) is 14.4 Å². The third kappa shape index (κ3) is 1.99. The predicted octanol–water partition coefficient (Wildman–Crippen LogP) is 1.32. The number of fused-ring (bicyclic) bond motifs is 1. The van der Waals surface area contributed by atoms with E-state index >= 15 is 0 Å². The van der Waals surface area contributed by atoms with Gasteiger partial charge in [0.25, 0.3) is 0 Å². The molecule has 0 radical (unpaired) electrons. The van der Waals surface area contributed by atoms with Crippen molar-refractivity contribution in [1.82, 2.24) is 0 Å². The fourth-order valence-electron chi connectivity index (χ4n) is 2.13. The van der Waals surface area contributed by atoms with Gasteiger partial charge in [0.1, 0.15) is 0 Å². The van der Waals surface area contributed by atoms with Gasteiger partial charge in [0.05, 0.1) is 11.4 Å². The van der Waals surface area contributed by atoms with Crippen molar-refractivity contribution in [3.8, 4) is 0 Å². The van der Waals surface area contributed by atoms with Gasteiger partial charge in [-0.3, -0.25) is 14.4 Å². The highest BCUT2D eigenvalue weighted by Crippen LogP contribution is 2.32. The van der Waals surface area contributed by atoms with Crippen LogP contribution in [0.4, 0.5) is 11.4 Å². The van der Waals surface area contributed by atoms with E-state index in [1.54, 1.807) is 24.3 Å². The van der Waals surface area contributed by atoms with E-state index in [1.807, 2.05) is 0 Å². The Labute approximate surface area is 105 Å². The van der Waals surface area contributed by atoms with Gasteiger partial charge in [0.2, 0.25) is 17.7 Å². The fraction of sp³-hybridized carbons (Fsp3) is 0.308. The molecule has 0 atom stereocenters. The summed E-state index contributed by atoms with van der Waals surface area (Å²) >= 11 is 0. The molecule has 0 saturated carbocycles. The van der Waals surface area contributed by atoms with Crippen LogP contribution in [0.2, 0.25) is 0 Å². The minimum Gasteiger partial charge on any atom is -0.310 e. The maximum Gasteiger partial charge on any atom is 0.235 e. The Morgan fingerprint density at radius 3 is 2.22 bits per heavy atom. The molecule has 0 spiro atoms. The second-order valence-electron chi connectivity index (χ2n) is 4.16. The minimum absolute atomic E-state index is 0.138. The Kier molecular flexibility index (Phi) is 3.14. The lowest BCUT2D eigenvalue weighted by Crippen LogP contribution is -2.34. The monoisotopic (exact) mass is 246 g/mol. The summed E-state index contributed by atoms with van der Waals surface area (Å²) in [5, 5.41) is 0. The molecule has 3 amide bonds. The van der Waals surface area contributed by atoms with Crippen LogP contribution in [0, 0.1) is 0 Å². The summed E-state index contributed by atoms with van der Waals surface area (Å²) in [5.74, 6) is -0.753. The molecule has 5 heteroatoms. The Balaban J connectivity index is 2.60. The molecule has 2 rings (SSSR count). The topological polar surface area (TPSA) is 57.7 Å². The number of hydrogen-bond donors (Lipinski definition) is 0. The Morgan fingerprint density at radius 2 is 1.67 bits per heavy atom. The van der Waals surface area contributed by atoms with Crippen molar-refractivity contribution in [2.75, 3.05) is 16.3 Å². The van der Waals surface area contributed by atoms with Crippen molar-refractivity contribution < 1.29 is 14.4 Å². The number of benzene rings is 1. The number of carbonyl (C=O) groups is 3. The van der Waals surface area contributed by atoms with Crippen LogP contribution < -0.4 is 9.80 Å². The first-order valence-corrected chi connectivity index (χ1v) is 5.73. The molecule has 0 aliphatic carbocycles. The lowest BCUT2D eigenvalue weighted by molar-refractivity contribution is -0.125. The molecule has 0 bridgehead atoms. The molecule has 94 valence electrons. The van der Waals surface area contributed by atoms with Crippen LogP contribution in [0.3, 0.4) is 0 Å². The fourth-order valence-corrected chi connectivity index (χ4v) is 2.13. The van der Waals surface area contributed by atoms with E-state index in [0.29, 0.717) is 17.9 Å². The Morgan fingerprint density at radius 1 is 1.06 bits per heavy atom. The van der Waals surface area contributed by atoms with Gasteiger partial charge >= 0.3 is 0 Å². The SMILES string of the molecule is CC(=O)N1CCC(=O)N(C(C)=O)c2ccccc21. The summed E-state index contributed by atoms with van der Waals surface area (Å²) in [5.41, 5.74) is 1.08. The van der Waals surface area contributed by atoms with Crippen molar-refractivity contribution in [3.63, 3.8) is 0 Å². The van der Waals surface area contributed by atoms with Crippen LogP contribution in [0.1, 0.15) is 20.3 Å². The normalized spacial score (nSPS) is 15.1. The van der Waals surface area contributed by atoms with Crippen molar-refractivity contribution in [3.05, 3.63) is 24.3 Å². The summed E-state index contributed by atoms with van der Waals surface area (Å²) in [6.07, 6.45) is 0.147. The van der Waals surface area contributed by atoms with Crippen LogP contribution in [0.5, 0.6) is 0 Å². The molecule has 1 aromatic rings. The van der Waals surface area contributed by atoms with Crippen molar-refractivity contribution >= 4 is 29.1 Å². The lowest BCUT2D eigenvalue weighted by atomic mass is 10.2. The molecule has 18 heavy (non-hydrogen) atoms. The largest absolute Gasteiger partial charge is 0.310 e. The molecule has 0 unspecified atom stereocenters. The van der Waals surface area contributed by atoms with Crippen LogP contribution in [0.25, 0.3) is 0 Å². The first kappa shape index (κ1) is 12.3. The van der Waals surface area contributed by atoms with Crippen molar-refractivity contribution in [2.45, 2.75) is 20.3 Å². The van der Waals surface area contributed by atoms with Crippen LogP contribution >= 0.6 is 0 Å². The van der Waals surface area contributed by atoms with Crippen molar-refractivity contribution in [2.24, 2.45) is 0 Å². The number of imide groups is 1. The molecule has 0 fully saturated rings. The molecule has 0 aromatic heterocycles. The highest BCUT2D eigenvalue weighted by molar-refractivity contribution is 6.18. The van der Waals surface area contributed by atoms with Gasteiger partial charge in [0, 0.05) is 26.8 Å². The second kappa shape index (κ2) is 4.60. The average Bonchev–Trinajstić information content (AvgIpc) is 2.44. The molecule has 1 heterocycles. The minimum atomic E-state index is -0.335. The summed E-state index contributed by atoms with van der Waals surface area (Å²) in [4.78, 5) is 37.8. The summed E-state index contributed by atoms with van der Waals surface area (Å²) < 4.78 is 0. The number of nitrogens with zero attached hydrogens (tertiary/aromatic N) is 2. The van der Waals surface area contributed by atoms with E-state index in [2.05, 4.69) is 0 Å². The smallest absolute Gasteiger partial charge is 0.235 e. The Hall–Kier alpha value is -2.17. The molecular formula is C13H14N2O3. The first-order chi connectivity index (χ1) is 8.52. The average molecular weight is 246 g/mol. The highest BCUT2D eigenvalue weighted by atomic mass is 16.2. The van der Waals surface area contributed by atoms with E-state index in [-0.39, 0.29) is 24.1 Å². The number of carbonyl (C=O) groups excluding carboxylic acids is 3. The third-order valence-electron chi connectivity index (χ3n) is 2.91. The second-order valence-corrected chi connectivity index (χ2v) is 4.16. The summed E-state index contributed by atoms with van der Waals surface area (Å²) in [7, 11) is 0. The predicted molar refractivity (Wildman–Crippen MR) is 67.3 cm³/mol. The highest BCUT2D eigenvalue weighted by Gasteiger charge is 2.29. The van der Waals surface area contributed by atoms with E-state index < -0.39 is 0 Å². The number of hydrogen-bond acceptors (Lipinski definition) is 3. The van der Waals surface area contributed by atoms with E-state index in [4.69, 9.17) is 0 Å². The van der Waals surface area contributed by atoms with Gasteiger partial charge < -0.3 is 4.90 Å². The zero-order valence-corrected chi connectivity index (χ0v) is 10.3. The summed E-state index contributed by atoms with van der Waals surface area (Å²) in [6.45, 7) is 3.09. The van der Waals surface area contributed by atoms with Crippen LogP contribution in [0.15, 0.2) is 24.3 Å². The molecule has 0 saturated heterocycles. The zero-order valence-electron chi connectivity index (χ0n) is 10.3.